The van der Waals surface area contributed by atoms with Crippen molar-refractivity contribution in [3.8, 4) is 34.1 Å². The van der Waals surface area contributed by atoms with Gasteiger partial charge in [0.2, 0.25) is 12.2 Å². The van der Waals surface area contributed by atoms with Crippen LogP contribution in [0, 0.1) is 0 Å². The van der Waals surface area contributed by atoms with Gasteiger partial charge < -0.3 is 29.2 Å². The third kappa shape index (κ3) is 2.86. The van der Waals surface area contributed by atoms with Crippen LogP contribution in [0.4, 0.5) is 0 Å². The molecule has 7 heteroatoms. The molecule has 1 aromatic heterocycles. The van der Waals surface area contributed by atoms with Crippen LogP contribution >= 0.6 is 0 Å². The Kier molecular flexibility index (Phi) is 4.24. The SMILES string of the molecule is C=C(C)C(O)Cc1c(O)cc2occ(-c3ccc4c(c3)OCO4)c(=O)c2c1O. The molecule has 3 N–H and O–H groups in total. The number of phenols is 2. The third-order valence-electron chi connectivity index (χ3n) is 4.77. The number of phenolic OH excluding ortho intramolecular Hbond substituents is 2. The summed E-state index contributed by atoms with van der Waals surface area (Å²) in [7, 11) is 0. The fraction of sp³-hybridized carbons (Fsp3) is 0.190. The van der Waals surface area contributed by atoms with Crippen molar-refractivity contribution in [3.63, 3.8) is 0 Å². The summed E-state index contributed by atoms with van der Waals surface area (Å²) in [5, 5.41) is 30.8. The van der Waals surface area contributed by atoms with E-state index in [2.05, 4.69) is 6.58 Å². The summed E-state index contributed by atoms with van der Waals surface area (Å²) in [4.78, 5) is 13.1. The normalized spacial score (nSPS) is 13.6. The van der Waals surface area contributed by atoms with Gasteiger partial charge in [0, 0.05) is 18.1 Å². The second-order valence-corrected chi connectivity index (χ2v) is 6.71. The number of fused-ring (bicyclic) bond motifs is 2. The molecule has 7 nitrogen and oxygen atoms in total. The van der Waals surface area contributed by atoms with Crippen LogP contribution in [0.25, 0.3) is 22.1 Å². The van der Waals surface area contributed by atoms with Gasteiger partial charge in [-0.1, -0.05) is 18.2 Å². The predicted molar refractivity (Wildman–Crippen MR) is 102 cm³/mol. The third-order valence-corrected chi connectivity index (χ3v) is 4.77. The molecule has 0 aliphatic carbocycles. The second kappa shape index (κ2) is 6.61. The fourth-order valence-corrected chi connectivity index (χ4v) is 3.13. The second-order valence-electron chi connectivity index (χ2n) is 6.71. The van der Waals surface area contributed by atoms with Gasteiger partial charge in [-0.25, -0.2) is 0 Å². The number of aliphatic hydroxyl groups is 1. The van der Waals surface area contributed by atoms with Crippen molar-refractivity contribution in [1.29, 1.82) is 0 Å². The highest BCUT2D eigenvalue weighted by Crippen LogP contribution is 2.38. The van der Waals surface area contributed by atoms with Gasteiger partial charge in [0.25, 0.3) is 0 Å². The van der Waals surface area contributed by atoms with E-state index in [-0.39, 0.29) is 41.1 Å². The molecule has 3 aromatic rings. The van der Waals surface area contributed by atoms with E-state index in [1.54, 1.807) is 25.1 Å². The number of aliphatic hydroxyl groups excluding tert-OH is 1. The van der Waals surface area contributed by atoms with Crippen molar-refractivity contribution in [1.82, 2.24) is 0 Å². The predicted octanol–water partition coefficient (Wildman–Crippen LogP) is 3.08. The molecule has 28 heavy (non-hydrogen) atoms. The zero-order valence-electron chi connectivity index (χ0n) is 15.1. The topological polar surface area (TPSA) is 109 Å². The quantitative estimate of drug-likeness (QED) is 0.595. The molecule has 0 amide bonds. The minimum Gasteiger partial charge on any atom is -0.507 e. The molecule has 0 spiro atoms. The summed E-state index contributed by atoms with van der Waals surface area (Å²) in [5.74, 6) is 0.394. The highest BCUT2D eigenvalue weighted by Gasteiger charge is 2.22. The standard InChI is InChI=1S/C21H18O7/c1-10(2)14(22)6-12-15(23)7-18-19(20(12)24)21(25)13(8-26-18)11-3-4-16-17(5-11)28-9-27-16/h3-5,7-8,14,22-24H,1,6,9H2,2H3. The highest BCUT2D eigenvalue weighted by molar-refractivity contribution is 5.90. The Morgan fingerprint density at radius 3 is 2.71 bits per heavy atom. The van der Waals surface area contributed by atoms with Crippen LogP contribution in [0.1, 0.15) is 12.5 Å². The first-order valence-electron chi connectivity index (χ1n) is 8.59. The first-order chi connectivity index (χ1) is 13.4. The van der Waals surface area contributed by atoms with Crippen molar-refractivity contribution in [2.45, 2.75) is 19.4 Å². The Labute approximate surface area is 159 Å². The molecular weight excluding hydrogens is 364 g/mol. The Balaban J connectivity index is 1.88. The smallest absolute Gasteiger partial charge is 0.231 e. The van der Waals surface area contributed by atoms with Gasteiger partial charge >= 0.3 is 0 Å². The average Bonchev–Trinajstić information content (AvgIpc) is 3.12. The van der Waals surface area contributed by atoms with E-state index in [1.807, 2.05) is 0 Å². The lowest BCUT2D eigenvalue weighted by Gasteiger charge is -2.14. The number of hydrogen-bond donors (Lipinski definition) is 3. The van der Waals surface area contributed by atoms with Gasteiger partial charge in [0.1, 0.15) is 28.7 Å². The molecule has 1 atom stereocenters. The molecule has 1 aliphatic rings. The van der Waals surface area contributed by atoms with Gasteiger partial charge in [-0.15, -0.1) is 0 Å². The summed E-state index contributed by atoms with van der Waals surface area (Å²) >= 11 is 0. The van der Waals surface area contributed by atoms with Gasteiger partial charge in [0.05, 0.1) is 11.7 Å². The number of aromatic hydroxyl groups is 2. The van der Waals surface area contributed by atoms with Crippen LogP contribution in [0.5, 0.6) is 23.0 Å². The van der Waals surface area contributed by atoms with E-state index in [0.29, 0.717) is 22.6 Å². The largest absolute Gasteiger partial charge is 0.507 e. The Hall–Kier alpha value is -3.45. The van der Waals surface area contributed by atoms with Gasteiger partial charge in [-0.05, 0) is 24.6 Å². The zero-order valence-corrected chi connectivity index (χ0v) is 15.1. The molecule has 144 valence electrons. The van der Waals surface area contributed by atoms with Crippen molar-refractivity contribution in [2.75, 3.05) is 6.79 Å². The average molecular weight is 382 g/mol. The van der Waals surface area contributed by atoms with Crippen molar-refractivity contribution in [3.05, 3.63) is 58.5 Å². The Bertz CT molecular complexity index is 1160. The van der Waals surface area contributed by atoms with Crippen LogP contribution in [-0.2, 0) is 6.42 Å². The maximum absolute atomic E-state index is 13.1. The molecule has 2 aromatic carbocycles. The van der Waals surface area contributed by atoms with Crippen molar-refractivity contribution < 1.29 is 29.2 Å². The van der Waals surface area contributed by atoms with Crippen molar-refractivity contribution in [2.24, 2.45) is 0 Å². The van der Waals surface area contributed by atoms with Gasteiger partial charge in [0.15, 0.2) is 11.5 Å². The summed E-state index contributed by atoms with van der Waals surface area (Å²) in [5.41, 5.74) is 0.856. The highest BCUT2D eigenvalue weighted by atomic mass is 16.7. The summed E-state index contributed by atoms with van der Waals surface area (Å²) in [6.07, 6.45) is 0.207. The lowest BCUT2D eigenvalue weighted by atomic mass is 9.98. The van der Waals surface area contributed by atoms with E-state index < -0.39 is 17.3 Å². The fourth-order valence-electron chi connectivity index (χ4n) is 3.13. The number of rotatable bonds is 4. The zero-order chi connectivity index (χ0) is 20.0. The van der Waals surface area contributed by atoms with Crippen LogP contribution in [-0.4, -0.2) is 28.2 Å². The van der Waals surface area contributed by atoms with E-state index >= 15 is 0 Å². The van der Waals surface area contributed by atoms with Crippen LogP contribution < -0.4 is 14.9 Å². The number of benzene rings is 2. The van der Waals surface area contributed by atoms with E-state index in [9.17, 15) is 20.1 Å². The lowest BCUT2D eigenvalue weighted by molar-refractivity contribution is 0.174. The van der Waals surface area contributed by atoms with Crippen molar-refractivity contribution >= 4 is 11.0 Å². The molecule has 0 radical (unpaired) electrons. The molecule has 0 fully saturated rings. The van der Waals surface area contributed by atoms with E-state index in [0.717, 1.165) is 0 Å². The maximum atomic E-state index is 13.1. The summed E-state index contributed by atoms with van der Waals surface area (Å²) < 4.78 is 16.1. The first-order valence-corrected chi connectivity index (χ1v) is 8.59. The minimum atomic E-state index is -0.974. The molecule has 0 bridgehead atoms. The first kappa shape index (κ1) is 17.9. The van der Waals surface area contributed by atoms with Gasteiger partial charge in [-0.3, -0.25) is 4.79 Å². The molecule has 1 aliphatic heterocycles. The van der Waals surface area contributed by atoms with Crippen LogP contribution in [0.2, 0.25) is 0 Å². The Morgan fingerprint density at radius 1 is 1.21 bits per heavy atom. The minimum absolute atomic E-state index is 0.0399. The van der Waals surface area contributed by atoms with E-state index in [4.69, 9.17) is 13.9 Å². The van der Waals surface area contributed by atoms with Crippen LogP contribution in [0.15, 0.2) is 51.9 Å². The lowest BCUT2D eigenvalue weighted by Crippen LogP contribution is -2.12. The van der Waals surface area contributed by atoms with Gasteiger partial charge in [-0.2, -0.15) is 0 Å². The molecule has 0 saturated carbocycles. The molecule has 2 heterocycles. The molecular formula is C21H18O7. The number of ether oxygens (including phenoxy) is 2. The monoisotopic (exact) mass is 382 g/mol. The van der Waals surface area contributed by atoms with Crippen LogP contribution in [0.3, 0.4) is 0 Å². The summed E-state index contributed by atoms with van der Waals surface area (Å²) in [6.45, 7) is 5.40. The Morgan fingerprint density at radius 2 is 1.96 bits per heavy atom. The molecule has 0 saturated heterocycles. The maximum Gasteiger partial charge on any atom is 0.231 e. The molecule has 1 unspecified atom stereocenters. The molecule has 4 rings (SSSR count). The van der Waals surface area contributed by atoms with E-state index in [1.165, 1.54) is 12.3 Å². The number of hydrogen-bond acceptors (Lipinski definition) is 7. The summed E-state index contributed by atoms with van der Waals surface area (Å²) in [6, 6.07) is 6.28.